The Morgan fingerprint density at radius 1 is 1.92 bits per heavy atom. The van der Waals surface area contributed by atoms with Crippen molar-refractivity contribution in [1.82, 2.24) is 9.97 Å². The molecule has 12 heavy (non-hydrogen) atoms. The summed E-state index contributed by atoms with van der Waals surface area (Å²) in [6.07, 6.45) is 2.91. The van der Waals surface area contributed by atoms with Gasteiger partial charge in [0.05, 0.1) is 6.20 Å². The molecule has 64 valence electrons. The zero-order chi connectivity index (χ0) is 8.97. The highest BCUT2D eigenvalue weighted by atomic mass is 16.4. The monoisotopic (exact) mass is 167 g/mol. The van der Waals surface area contributed by atoms with E-state index in [1.54, 1.807) is 6.08 Å². The molecule has 0 aliphatic carbocycles. The second kappa shape index (κ2) is 3.56. The number of H-pyrrole nitrogens is 1. The molecule has 0 aliphatic rings. The molecule has 0 radical (unpaired) electrons. The van der Waals surface area contributed by atoms with Crippen LogP contribution in [-0.4, -0.2) is 27.6 Å². The van der Waals surface area contributed by atoms with E-state index >= 15 is 0 Å². The van der Waals surface area contributed by atoms with Gasteiger partial charge in [-0.1, -0.05) is 6.08 Å². The van der Waals surface area contributed by atoms with E-state index in [2.05, 4.69) is 21.9 Å². The number of hydrogen-bond acceptors (Lipinski definition) is 3. The number of nitrogens with one attached hydrogen (secondary N) is 2. The van der Waals surface area contributed by atoms with Gasteiger partial charge in [0.2, 0.25) is 5.95 Å². The average Bonchev–Trinajstić information content (AvgIpc) is 2.48. The SMILES string of the molecule is C=CCNc1ncc(C(=O)O)[nH]1. The maximum Gasteiger partial charge on any atom is 0.354 e. The number of anilines is 1. The van der Waals surface area contributed by atoms with E-state index in [0.717, 1.165) is 0 Å². The second-order valence-corrected chi connectivity index (χ2v) is 2.12. The number of rotatable bonds is 4. The van der Waals surface area contributed by atoms with E-state index in [1.165, 1.54) is 6.20 Å². The van der Waals surface area contributed by atoms with Crippen molar-refractivity contribution in [2.24, 2.45) is 0 Å². The zero-order valence-corrected chi connectivity index (χ0v) is 6.37. The van der Waals surface area contributed by atoms with Gasteiger partial charge in [-0.15, -0.1) is 6.58 Å². The number of imidazole rings is 1. The van der Waals surface area contributed by atoms with Crippen molar-refractivity contribution >= 4 is 11.9 Å². The third-order valence-electron chi connectivity index (χ3n) is 1.22. The standard InChI is InChI=1S/C7H9N3O2/c1-2-3-8-7-9-4-5(10-7)6(11)12/h2,4H,1,3H2,(H,11,12)(H2,8,9,10). The Morgan fingerprint density at radius 2 is 2.67 bits per heavy atom. The molecule has 0 saturated heterocycles. The van der Waals surface area contributed by atoms with Gasteiger partial charge in [-0.05, 0) is 0 Å². The Kier molecular flexibility index (Phi) is 2.47. The molecule has 0 spiro atoms. The molecular weight excluding hydrogens is 158 g/mol. The summed E-state index contributed by atoms with van der Waals surface area (Å²) in [6.45, 7) is 4.05. The number of aromatic carboxylic acids is 1. The maximum atomic E-state index is 10.4. The largest absolute Gasteiger partial charge is 0.477 e. The van der Waals surface area contributed by atoms with Crippen LogP contribution in [0.25, 0.3) is 0 Å². The first-order valence-electron chi connectivity index (χ1n) is 3.37. The highest BCUT2D eigenvalue weighted by Gasteiger charge is 2.05. The van der Waals surface area contributed by atoms with Crippen LogP contribution >= 0.6 is 0 Å². The fourth-order valence-electron chi connectivity index (χ4n) is 0.689. The molecule has 5 nitrogen and oxygen atoms in total. The third-order valence-corrected chi connectivity index (χ3v) is 1.22. The van der Waals surface area contributed by atoms with Crippen LogP contribution in [0.3, 0.4) is 0 Å². The summed E-state index contributed by atoms with van der Waals surface area (Å²) in [4.78, 5) is 16.7. The fraction of sp³-hybridized carbons (Fsp3) is 0.143. The van der Waals surface area contributed by atoms with Gasteiger partial charge in [-0.3, -0.25) is 0 Å². The van der Waals surface area contributed by atoms with E-state index in [9.17, 15) is 4.79 Å². The van der Waals surface area contributed by atoms with Gasteiger partial charge in [0, 0.05) is 6.54 Å². The zero-order valence-electron chi connectivity index (χ0n) is 6.37. The lowest BCUT2D eigenvalue weighted by Gasteiger charge is -1.94. The summed E-state index contributed by atoms with van der Waals surface area (Å²) < 4.78 is 0. The summed E-state index contributed by atoms with van der Waals surface area (Å²) in [6, 6.07) is 0. The number of nitrogens with zero attached hydrogens (tertiary/aromatic N) is 1. The molecule has 0 fully saturated rings. The molecule has 1 heterocycles. The number of carboxylic acids is 1. The van der Waals surface area contributed by atoms with Crippen LogP contribution in [0.2, 0.25) is 0 Å². The molecule has 5 heteroatoms. The summed E-state index contributed by atoms with van der Waals surface area (Å²) in [5.41, 5.74) is 0.0709. The Labute approximate surface area is 69.1 Å². The Morgan fingerprint density at radius 3 is 3.17 bits per heavy atom. The quantitative estimate of drug-likeness (QED) is 0.577. The van der Waals surface area contributed by atoms with Gasteiger partial charge >= 0.3 is 5.97 Å². The van der Waals surface area contributed by atoms with Gasteiger partial charge in [0.15, 0.2) is 0 Å². The molecule has 0 aliphatic heterocycles. The first kappa shape index (κ1) is 8.32. The number of hydrogen-bond donors (Lipinski definition) is 3. The van der Waals surface area contributed by atoms with E-state index in [4.69, 9.17) is 5.11 Å². The van der Waals surface area contributed by atoms with Gasteiger partial charge < -0.3 is 15.4 Å². The van der Waals surface area contributed by atoms with Crippen molar-refractivity contribution in [3.8, 4) is 0 Å². The Bertz CT molecular complexity index is 293. The van der Waals surface area contributed by atoms with Crippen molar-refractivity contribution in [3.05, 3.63) is 24.5 Å². The van der Waals surface area contributed by atoms with Crippen LogP contribution in [0.15, 0.2) is 18.9 Å². The number of aromatic amines is 1. The smallest absolute Gasteiger partial charge is 0.354 e. The van der Waals surface area contributed by atoms with Crippen molar-refractivity contribution in [2.45, 2.75) is 0 Å². The first-order chi connectivity index (χ1) is 5.74. The first-order valence-corrected chi connectivity index (χ1v) is 3.37. The van der Waals surface area contributed by atoms with Gasteiger partial charge in [-0.2, -0.15) is 0 Å². The van der Waals surface area contributed by atoms with E-state index in [-0.39, 0.29) is 5.69 Å². The lowest BCUT2D eigenvalue weighted by Crippen LogP contribution is -2.00. The average molecular weight is 167 g/mol. The molecule has 1 rings (SSSR count). The normalized spacial score (nSPS) is 9.33. The van der Waals surface area contributed by atoms with Crippen molar-refractivity contribution in [1.29, 1.82) is 0 Å². The minimum absolute atomic E-state index is 0.0709. The van der Waals surface area contributed by atoms with E-state index in [1.807, 2.05) is 0 Å². The van der Waals surface area contributed by atoms with Crippen molar-refractivity contribution < 1.29 is 9.90 Å². The molecule has 0 unspecified atom stereocenters. The predicted molar refractivity (Wildman–Crippen MR) is 44.2 cm³/mol. The Balaban J connectivity index is 2.64. The van der Waals surface area contributed by atoms with Crippen LogP contribution in [0, 0.1) is 0 Å². The second-order valence-electron chi connectivity index (χ2n) is 2.12. The molecule has 0 amide bonds. The molecule has 0 atom stereocenters. The molecule has 1 aromatic rings. The van der Waals surface area contributed by atoms with Crippen LogP contribution < -0.4 is 5.32 Å². The molecule has 3 N–H and O–H groups in total. The molecule has 0 bridgehead atoms. The topological polar surface area (TPSA) is 78.0 Å². The fourth-order valence-corrected chi connectivity index (χ4v) is 0.689. The molecular formula is C7H9N3O2. The number of carbonyl (C=O) groups is 1. The summed E-state index contributed by atoms with van der Waals surface area (Å²) in [5.74, 6) is -0.582. The van der Waals surface area contributed by atoms with Crippen molar-refractivity contribution in [2.75, 3.05) is 11.9 Å². The van der Waals surface area contributed by atoms with E-state index in [0.29, 0.717) is 12.5 Å². The van der Waals surface area contributed by atoms with Gasteiger partial charge in [0.25, 0.3) is 0 Å². The van der Waals surface area contributed by atoms with E-state index < -0.39 is 5.97 Å². The lowest BCUT2D eigenvalue weighted by molar-refractivity contribution is 0.0691. The summed E-state index contributed by atoms with van der Waals surface area (Å²) >= 11 is 0. The van der Waals surface area contributed by atoms with Crippen LogP contribution in [0.1, 0.15) is 10.5 Å². The van der Waals surface area contributed by atoms with Crippen LogP contribution in [-0.2, 0) is 0 Å². The number of aromatic nitrogens is 2. The highest BCUT2D eigenvalue weighted by Crippen LogP contribution is 2.00. The number of carboxylic acid groups (broad SMARTS) is 1. The minimum Gasteiger partial charge on any atom is -0.477 e. The molecule has 0 aromatic carbocycles. The lowest BCUT2D eigenvalue weighted by atomic mass is 10.5. The Hall–Kier alpha value is -1.78. The summed E-state index contributed by atoms with van der Waals surface area (Å²) in [5, 5.41) is 11.3. The summed E-state index contributed by atoms with van der Waals surface area (Å²) in [7, 11) is 0. The van der Waals surface area contributed by atoms with Crippen LogP contribution in [0.5, 0.6) is 0 Å². The minimum atomic E-state index is -1.02. The molecule has 0 saturated carbocycles. The van der Waals surface area contributed by atoms with Gasteiger partial charge in [-0.25, -0.2) is 9.78 Å². The van der Waals surface area contributed by atoms with Crippen LogP contribution in [0.4, 0.5) is 5.95 Å². The predicted octanol–water partition coefficient (Wildman–Crippen LogP) is 0.706. The third kappa shape index (κ3) is 1.85. The molecule has 1 aromatic heterocycles. The van der Waals surface area contributed by atoms with Gasteiger partial charge in [0.1, 0.15) is 5.69 Å². The highest BCUT2D eigenvalue weighted by molar-refractivity contribution is 5.85. The maximum absolute atomic E-state index is 10.4. The van der Waals surface area contributed by atoms with Crippen molar-refractivity contribution in [3.63, 3.8) is 0 Å².